The van der Waals surface area contributed by atoms with E-state index in [2.05, 4.69) is 22.5 Å². The van der Waals surface area contributed by atoms with E-state index in [0.29, 0.717) is 0 Å². The van der Waals surface area contributed by atoms with Crippen molar-refractivity contribution in [2.24, 2.45) is 7.05 Å². The molecule has 0 aliphatic carbocycles. The molecule has 3 heteroatoms. The zero-order valence-electron chi connectivity index (χ0n) is 7.35. The molecule has 11 heavy (non-hydrogen) atoms. The van der Waals surface area contributed by atoms with Gasteiger partial charge >= 0.3 is 0 Å². The van der Waals surface area contributed by atoms with Gasteiger partial charge in [-0.25, -0.2) is 4.57 Å². The van der Waals surface area contributed by atoms with Crippen LogP contribution in [0.4, 0.5) is 0 Å². The summed E-state index contributed by atoms with van der Waals surface area (Å²) in [6.45, 7) is 6.11. The number of rotatable bonds is 0. The summed E-state index contributed by atoms with van der Waals surface area (Å²) in [6.07, 6.45) is 0. The van der Waals surface area contributed by atoms with Gasteiger partial charge in [0.1, 0.15) is 5.69 Å². The van der Waals surface area contributed by atoms with Crippen LogP contribution in [-0.2, 0) is 7.05 Å². The molecule has 0 amide bonds. The Morgan fingerprint density at radius 3 is 2.27 bits per heavy atom. The molecule has 0 radical (unpaired) electrons. The van der Waals surface area contributed by atoms with Crippen LogP contribution in [0.15, 0.2) is 6.07 Å². The van der Waals surface area contributed by atoms with Crippen molar-refractivity contribution < 1.29 is 28.5 Å². The fourth-order valence-corrected chi connectivity index (χ4v) is 1.02. The molecule has 0 aliphatic heterocycles. The fraction of sp³-hybridized carbons (Fsp3) is 0.500. The van der Waals surface area contributed by atoms with Crippen LogP contribution in [0.3, 0.4) is 0 Å². The van der Waals surface area contributed by atoms with Crippen molar-refractivity contribution in [1.29, 1.82) is 0 Å². The van der Waals surface area contributed by atoms with E-state index < -0.39 is 0 Å². The molecule has 0 aromatic carbocycles. The largest absolute Gasteiger partial charge is 1.00 e. The number of halogens is 1. The van der Waals surface area contributed by atoms with Gasteiger partial charge in [-0.2, -0.15) is 0 Å². The minimum atomic E-state index is 0. The van der Waals surface area contributed by atoms with Crippen LogP contribution in [0.5, 0.6) is 0 Å². The summed E-state index contributed by atoms with van der Waals surface area (Å²) in [7, 11) is 2.02. The minimum Gasteiger partial charge on any atom is -1.00 e. The first-order valence-corrected chi connectivity index (χ1v) is 3.42. The Bertz CT molecular complexity index is 235. The molecule has 1 rings (SSSR count). The van der Waals surface area contributed by atoms with Gasteiger partial charge < -0.3 is 24.0 Å². The van der Waals surface area contributed by atoms with Gasteiger partial charge in [0.2, 0.25) is 0 Å². The average Bonchev–Trinajstić information content (AvgIpc) is 1.82. The van der Waals surface area contributed by atoms with Crippen LogP contribution < -0.4 is 28.5 Å². The first-order valence-electron chi connectivity index (χ1n) is 3.42. The van der Waals surface area contributed by atoms with Crippen molar-refractivity contribution >= 4 is 0 Å². The maximum atomic E-state index is 4.30. The summed E-state index contributed by atoms with van der Waals surface area (Å²) in [4.78, 5) is 4.30. The first kappa shape index (κ1) is 10.8. The Labute approximate surface area is 84.7 Å². The Kier molecular flexibility index (Phi) is 3.92. The SMILES string of the molecule is Cc1cc(C)[n+](C)c(C)n1.[I-]. The smallest absolute Gasteiger partial charge is 0.295 e. The van der Waals surface area contributed by atoms with E-state index in [1.54, 1.807) is 0 Å². The minimum absolute atomic E-state index is 0. The van der Waals surface area contributed by atoms with Gasteiger partial charge in [-0.3, -0.25) is 0 Å². The Morgan fingerprint density at radius 2 is 1.82 bits per heavy atom. The highest BCUT2D eigenvalue weighted by Crippen LogP contribution is 1.94. The normalized spacial score (nSPS) is 9.09. The highest BCUT2D eigenvalue weighted by molar-refractivity contribution is 5.01. The lowest BCUT2D eigenvalue weighted by Gasteiger charge is -1.97. The molecule has 0 atom stereocenters. The lowest BCUT2D eigenvalue weighted by molar-refractivity contribution is -0.687. The van der Waals surface area contributed by atoms with Gasteiger partial charge in [0.25, 0.3) is 5.82 Å². The van der Waals surface area contributed by atoms with E-state index in [1.807, 2.05) is 20.9 Å². The molecule has 1 aromatic heterocycles. The van der Waals surface area contributed by atoms with Crippen LogP contribution in [0.2, 0.25) is 0 Å². The summed E-state index contributed by atoms with van der Waals surface area (Å²) in [6, 6.07) is 2.08. The maximum absolute atomic E-state index is 4.30. The van der Waals surface area contributed by atoms with Gasteiger partial charge in [0, 0.05) is 19.9 Å². The molecule has 0 saturated heterocycles. The van der Waals surface area contributed by atoms with Gasteiger partial charge in [-0.05, 0) is 6.92 Å². The number of aromatic nitrogens is 2. The summed E-state index contributed by atoms with van der Waals surface area (Å²) in [5, 5.41) is 0. The highest BCUT2D eigenvalue weighted by Gasteiger charge is 2.06. The van der Waals surface area contributed by atoms with Gasteiger partial charge in [-0.15, -0.1) is 0 Å². The molecular formula is C8H13IN2. The molecule has 2 nitrogen and oxygen atoms in total. The summed E-state index contributed by atoms with van der Waals surface area (Å²) in [5.74, 6) is 1.07. The van der Waals surface area contributed by atoms with E-state index in [1.165, 1.54) is 5.69 Å². The standard InChI is InChI=1S/C8H13N2.HI/c1-6-5-7(2)10(4)8(3)9-6;/h5H,1-4H3;1H/q+1;/p-1. The Balaban J connectivity index is 0.000001000. The maximum Gasteiger partial charge on any atom is 0.295 e. The second-order valence-electron chi connectivity index (χ2n) is 2.65. The predicted octanol–water partition coefficient (Wildman–Crippen LogP) is -2.16. The third kappa shape index (κ3) is 2.39. The molecule has 1 heterocycles. The predicted molar refractivity (Wildman–Crippen MR) is 39.6 cm³/mol. The molecule has 0 aliphatic rings. The van der Waals surface area contributed by atoms with Crippen LogP contribution in [-0.4, -0.2) is 4.98 Å². The van der Waals surface area contributed by atoms with Crippen molar-refractivity contribution in [3.05, 3.63) is 23.3 Å². The lowest BCUT2D eigenvalue weighted by Crippen LogP contribution is -3.00. The van der Waals surface area contributed by atoms with Crippen molar-refractivity contribution in [1.82, 2.24) is 4.98 Å². The van der Waals surface area contributed by atoms with Crippen molar-refractivity contribution in [3.8, 4) is 0 Å². The monoisotopic (exact) mass is 264 g/mol. The number of nitrogens with zero attached hydrogens (tertiary/aromatic N) is 2. The number of hydrogen-bond donors (Lipinski definition) is 0. The van der Waals surface area contributed by atoms with Gasteiger partial charge in [0.15, 0.2) is 5.69 Å². The van der Waals surface area contributed by atoms with E-state index in [9.17, 15) is 0 Å². The Morgan fingerprint density at radius 1 is 1.27 bits per heavy atom. The van der Waals surface area contributed by atoms with E-state index in [-0.39, 0.29) is 24.0 Å². The topological polar surface area (TPSA) is 16.8 Å². The van der Waals surface area contributed by atoms with Crippen molar-refractivity contribution in [3.63, 3.8) is 0 Å². The average molecular weight is 264 g/mol. The lowest BCUT2D eigenvalue weighted by atomic mass is 10.3. The third-order valence-corrected chi connectivity index (χ3v) is 1.77. The first-order chi connectivity index (χ1) is 4.61. The van der Waals surface area contributed by atoms with E-state index in [4.69, 9.17) is 0 Å². The van der Waals surface area contributed by atoms with Crippen LogP contribution in [0, 0.1) is 20.8 Å². The summed E-state index contributed by atoms with van der Waals surface area (Å²) >= 11 is 0. The van der Waals surface area contributed by atoms with Crippen molar-refractivity contribution in [2.75, 3.05) is 0 Å². The fourth-order valence-electron chi connectivity index (χ4n) is 1.02. The quantitative estimate of drug-likeness (QED) is 0.385. The van der Waals surface area contributed by atoms with E-state index in [0.717, 1.165) is 11.5 Å². The molecule has 0 unspecified atom stereocenters. The highest BCUT2D eigenvalue weighted by atomic mass is 127. The molecule has 0 spiro atoms. The van der Waals surface area contributed by atoms with Crippen LogP contribution >= 0.6 is 0 Å². The second-order valence-corrected chi connectivity index (χ2v) is 2.65. The zero-order chi connectivity index (χ0) is 7.72. The van der Waals surface area contributed by atoms with E-state index >= 15 is 0 Å². The molecule has 1 aromatic rings. The molecule has 0 saturated carbocycles. The summed E-state index contributed by atoms with van der Waals surface area (Å²) in [5.41, 5.74) is 2.35. The zero-order valence-corrected chi connectivity index (χ0v) is 9.51. The molecular weight excluding hydrogens is 251 g/mol. The third-order valence-electron chi connectivity index (χ3n) is 1.77. The molecule has 0 fully saturated rings. The number of hydrogen-bond acceptors (Lipinski definition) is 1. The van der Waals surface area contributed by atoms with Gasteiger partial charge in [-0.1, -0.05) is 4.98 Å². The number of aryl methyl sites for hydroxylation is 3. The Hall–Kier alpha value is -0.190. The van der Waals surface area contributed by atoms with Crippen LogP contribution in [0.1, 0.15) is 17.2 Å². The second kappa shape index (κ2) is 3.99. The molecule has 0 N–H and O–H groups in total. The summed E-state index contributed by atoms with van der Waals surface area (Å²) < 4.78 is 2.08. The molecule has 0 bridgehead atoms. The van der Waals surface area contributed by atoms with Crippen LogP contribution in [0.25, 0.3) is 0 Å². The van der Waals surface area contributed by atoms with Crippen molar-refractivity contribution in [2.45, 2.75) is 20.8 Å². The molecule has 62 valence electrons. The van der Waals surface area contributed by atoms with Gasteiger partial charge in [0.05, 0.1) is 7.05 Å².